The Labute approximate surface area is 100 Å². The fraction of sp³-hybridized carbons (Fsp3) is 0.125. The van der Waals surface area contributed by atoms with E-state index in [4.69, 9.17) is 40.1 Å². The number of benzene rings is 1. The Hall–Kier alpha value is 0.0600. The van der Waals surface area contributed by atoms with E-state index in [2.05, 4.69) is 15.9 Å². The van der Waals surface area contributed by atoms with Crippen molar-refractivity contribution in [2.75, 3.05) is 0 Å². The van der Waals surface area contributed by atoms with Gasteiger partial charge in [-0.1, -0.05) is 50.7 Å². The van der Waals surface area contributed by atoms with Gasteiger partial charge in [-0.05, 0) is 24.3 Å². The molecule has 1 aromatic carbocycles. The second-order valence-electron chi connectivity index (χ2n) is 1.87. The van der Waals surface area contributed by atoms with E-state index in [-0.39, 0.29) is 0 Å². The molecular weight excluding hydrogens is 296 g/mol. The summed E-state index contributed by atoms with van der Waals surface area (Å²) in [6.45, 7) is 0. The third-order valence-corrected chi connectivity index (χ3v) is 1.50. The largest absolute Gasteiger partial charge is 0.192 e. The van der Waals surface area contributed by atoms with E-state index in [0.29, 0.717) is 5.56 Å². The molecule has 0 N–H and O–H groups in total. The molecule has 0 aliphatic heterocycles. The minimum atomic E-state index is -0.750. The second-order valence-corrected chi connectivity index (χ2v) is 4.76. The van der Waals surface area contributed by atoms with Crippen LogP contribution in [0.1, 0.15) is 5.56 Å². The standard InChI is InChI=1S/C7H4BrN.CHCl3/c8-7-3-1-6(5-9)2-4-7;2-1(3)4/h1-4H;1H. The van der Waals surface area contributed by atoms with E-state index >= 15 is 0 Å². The summed E-state index contributed by atoms with van der Waals surface area (Å²) in [7, 11) is 0. The third-order valence-electron chi connectivity index (χ3n) is 0.973. The van der Waals surface area contributed by atoms with Crippen molar-refractivity contribution in [1.29, 1.82) is 5.26 Å². The summed E-state index contributed by atoms with van der Waals surface area (Å²) in [5.74, 6) is 0. The number of alkyl halides is 3. The highest BCUT2D eigenvalue weighted by molar-refractivity contribution is 9.10. The molecule has 13 heavy (non-hydrogen) atoms. The van der Waals surface area contributed by atoms with E-state index in [1.165, 1.54) is 0 Å². The molecular formula is C8H5BrCl3N. The van der Waals surface area contributed by atoms with E-state index in [9.17, 15) is 0 Å². The molecule has 0 aliphatic rings. The zero-order valence-electron chi connectivity index (χ0n) is 6.35. The lowest BCUT2D eigenvalue weighted by Gasteiger charge is -1.86. The van der Waals surface area contributed by atoms with E-state index < -0.39 is 4.30 Å². The molecule has 5 heteroatoms. The van der Waals surface area contributed by atoms with Crippen molar-refractivity contribution in [2.24, 2.45) is 0 Å². The zero-order chi connectivity index (χ0) is 10.3. The molecule has 0 saturated carbocycles. The van der Waals surface area contributed by atoms with E-state index in [1.54, 1.807) is 12.1 Å². The highest BCUT2D eigenvalue weighted by atomic mass is 79.9. The molecule has 1 nitrogen and oxygen atoms in total. The normalized spacial score (nSPS) is 8.62. The minimum Gasteiger partial charge on any atom is -0.192 e. The van der Waals surface area contributed by atoms with Gasteiger partial charge in [-0.2, -0.15) is 5.26 Å². The second kappa shape index (κ2) is 7.46. The molecule has 0 fully saturated rings. The van der Waals surface area contributed by atoms with Crippen molar-refractivity contribution in [3.05, 3.63) is 34.3 Å². The van der Waals surface area contributed by atoms with Crippen molar-refractivity contribution in [3.63, 3.8) is 0 Å². The summed E-state index contributed by atoms with van der Waals surface area (Å²) < 4.78 is 0.251. The van der Waals surface area contributed by atoms with Gasteiger partial charge >= 0.3 is 0 Å². The van der Waals surface area contributed by atoms with Crippen LogP contribution in [0.2, 0.25) is 0 Å². The van der Waals surface area contributed by atoms with Crippen LogP contribution >= 0.6 is 50.7 Å². The summed E-state index contributed by atoms with van der Waals surface area (Å²) in [6, 6.07) is 9.26. The zero-order valence-corrected chi connectivity index (χ0v) is 10.2. The smallest absolute Gasteiger partial charge is 0.180 e. The summed E-state index contributed by atoms with van der Waals surface area (Å²) >= 11 is 17.7. The number of hydrogen-bond acceptors (Lipinski definition) is 1. The Morgan fingerprint density at radius 1 is 1.15 bits per heavy atom. The summed E-state index contributed by atoms with van der Waals surface area (Å²) in [5, 5.41) is 8.36. The Morgan fingerprint density at radius 3 is 1.85 bits per heavy atom. The number of nitrogens with zero attached hydrogens (tertiary/aromatic N) is 1. The summed E-state index contributed by atoms with van der Waals surface area (Å²) in [4.78, 5) is 0. The fourth-order valence-corrected chi connectivity index (χ4v) is 0.789. The first-order valence-electron chi connectivity index (χ1n) is 3.14. The SMILES string of the molecule is ClC(Cl)Cl.N#Cc1ccc(Br)cc1. The van der Waals surface area contributed by atoms with Gasteiger partial charge in [-0.3, -0.25) is 0 Å². The van der Waals surface area contributed by atoms with Crippen molar-refractivity contribution < 1.29 is 0 Å². The third kappa shape index (κ3) is 8.39. The Kier molecular flexibility index (Phi) is 7.50. The van der Waals surface area contributed by atoms with Gasteiger partial charge in [0, 0.05) is 4.47 Å². The summed E-state index contributed by atoms with van der Waals surface area (Å²) in [5.41, 5.74) is 0.693. The molecule has 0 spiro atoms. The number of rotatable bonds is 0. The predicted octanol–water partition coefficient (Wildman–Crippen LogP) is 4.31. The lowest BCUT2D eigenvalue weighted by molar-refractivity contribution is 1.48. The molecule has 0 amide bonds. The highest BCUT2D eigenvalue weighted by Crippen LogP contribution is 2.08. The molecule has 70 valence electrons. The van der Waals surface area contributed by atoms with Crippen LogP contribution < -0.4 is 0 Å². The van der Waals surface area contributed by atoms with Crippen LogP contribution in [-0.4, -0.2) is 4.30 Å². The van der Waals surface area contributed by atoms with Crippen molar-refractivity contribution in [2.45, 2.75) is 4.30 Å². The van der Waals surface area contributed by atoms with Gasteiger partial charge in [0.2, 0.25) is 0 Å². The van der Waals surface area contributed by atoms with Crippen molar-refractivity contribution in [3.8, 4) is 6.07 Å². The van der Waals surface area contributed by atoms with Gasteiger partial charge in [-0.15, -0.1) is 0 Å². The van der Waals surface area contributed by atoms with Crippen LogP contribution in [0.4, 0.5) is 0 Å². The Bertz CT molecular complexity index is 276. The molecule has 0 aliphatic carbocycles. The van der Waals surface area contributed by atoms with Gasteiger partial charge in [0.25, 0.3) is 0 Å². The number of hydrogen-bond donors (Lipinski definition) is 0. The molecule has 0 bridgehead atoms. The maximum atomic E-state index is 8.36. The monoisotopic (exact) mass is 299 g/mol. The fourth-order valence-electron chi connectivity index (χ4n) is 0.524. The van der Waals surface area contributed by atoms with Crippen LogP contribution in [0.3, 0.4) is 0 Å². The van der Waals surface area contributed by atoms with Crippen LogP contribution in [0.15, 0.2) is 28.7 Å². The molecule has 0 aromatic heterocycles. The average Bonchev–Trinajstić information content (AvgIpc) is 2.05. The average molecular weight is 301 g/mol. The summed E-state index contributed by atoms with van der Waals surface area (Å²) in [6.07, 6.45) is 0. The molecule has 0 saturated heterocycles. The topological polar surface area (TPSA) is 23.8 Å². The van der Waals surface area contributed by atoms with Gasteiger partial charge in [-0.25, -0.2) is 0 Å². The van der Waals surface area contributed by atoms with Crippen LogP contribution in [0.25, 0.3) is 0 Å². The predicted molar refractivity (Wildman–Crippen MR) is 60.2 cm³/mol. The van der Waals surface area contributed by atoms with Crippen molar-refractivity contribution in [1.82, 2.24) is 0 Å². The van der Waals surface area contributed by atoms with E-state index in [0.717, 1.165) is 4.47 Å². The number of halogens is 4. The molecule has 1 rings (SSSR count). The first kappa shape index (κ1) is 13.1. The van der Waals surface area contributed by atoms with Gasteiger partial charge in [0.1, 0.15) is 0 Å². The molecule has 0 heterocycles. The van der Waals surface area contributed by atoms with Crippen molar-refractivity contribution >= 4 is 50.7 Å². The maximum absolute atomic E-state index is 8.36. The molecule has 1 aromatic rings. The Balaban J connectivity index is 0.000000310. The molecule has 0 atom stereocenters. The van der Waals surface area contributed by atoms with Crippen LogP contribution in [0, 0.1) is 11.3 Å². The lowest BCUT2D eigenvalue weighted by Crippen LogP contribution is -1.69. The van der Waals surface area contributed by atoms with E-state index in [1.807, 2.05) is 18.2 Å². The number of nitriles is 1. The highest BCUT2D eigenvalue weighted by Gasteiger charge is 1.86. The Morgan fingerprint density at radius 2 is 1.54 bits per heavy atom. The minimum absolute atomic E-state index is 0.693. The molecule has 0 unspecified atom stereocenters. The van der Waals surface area contributed by atoms with Gasteiger partial charge in [0.05, 0.1) is 11.6 Å². The van der Waals surface area contributed by atoms with Crippen LogP contribution in [-0.2, 0) is 0 Å². The van der Waals surface area contributed by atoms with Gasteiger partial charge in [0.15, 0.2) is 4.30 Å². The van der Waals surface area contributed by atoms with Crippen LogP contribution in [0.5, 0.6) is 0 Å². The maximum Gasteiger partial charge on any atom is 0.180 e. The first-order chi connectivity index (χ1) is 6.06. The van der Waals surface area contributed by atoms with Gasteiger partial charge < -0.3 is 0 Å². The lowest BCUT2D eigenvalue weighted by atomic mass is 10.2. The molecule has 0 radical (unpaired) electrons. The first-order valence-corrected chi connectivity index (χ1v) is 5.24. The quantitative estimate of drug-likeness (QED) is 0.655.